The molecule has 6 heteroatoms. The molecule has 194 valence electrons. The summed E-state index contributed by atoms with van der Waals surface area (Å²) >= 11 is 0. The van der Waals surface area contributed by atoms with Crippen molar-refractivity contribution in [3.8, 4) is 58.0 Å². The average Bonchev–Trinajstić information content (AvgIpc) is 2.97. The number of ether oxygens (including phenoxy) is 2. The Bertz CT molecular complexity index is 1970. The first-order valence-electron chi connectivity index (χ1n) is 12.5. The van der Waals surface area contributed by atoms with Gasteiger partial charge >= 0.3 is 0 Å². The second-order valence-electron chi connectivity index (χ2n) is 9.32. The molecular formula is C34H24N2O4. The van der Waals surface area contributed by atoms with Crippen LogP contribution in [-0.4, -0.2) is 10.2 Å². The summed E-state index contributed by atoms with van der Waals surface area (Å²) in [6.07, 6.45) is 5.70. The molecule has 0 bridgehead atoms. The van der Waals surface area contributed by atoms with E-state index >= 15 is 0 Å². The van der Waals surface area contributed by atoms with Crippen molar-refractivity contribution in [1.29, 1.82) is 0 Å². The van der Waals surface area contributed by atoms with Crippen LogP contribution in [-0.2, 0) is 0 Å². The lowest BCUT2D eigenvalue weighted by molar-refractivity contribution is 0.454. The zero-order valence-electron chi connectivity index (χ0n) is 21.3. The quantitative estimate of drug-likeness (QED) is 0.104. The van der Waals surface area contributed by atoms with Gasteiger partial charge in [0.15, 0.2) is 0 Å². The first-order chi connectivity index (χ1) is 19.4. The number of nitrogens with two attached hydrogens (primary N) is 2. The van der Waals surface area contributed by atoms with Crippen molar-refractivity contribution in [3.63, 3.8) is 0 Å². The lowest BCUT2D eigenvalue weighted by Gasteiger charge is -2.20. The van der Waals surface area contributed by atoms with Gasteiger partial charge in [0.25, 0.3) is 0 Å². The van der Waals surface area contributed by atoms with Crippen LogP contribution in [0.25, 0.3) is 32.7 Å². The largest absolute Gasteiger partial charge is 0.506 e. The first-order valence-corrected chi connectivity index (χ1v) is 12.5. The van der Waals surface area contributed by atoms with Gasteiger partial charge in [-0.05, 0) is 70.1 Å². The summed E-state index contributed by atoms with van der Waals surface area (Å²) in [6, 6.07) is 31.0. The third-order valence-electron chi connectivity index (χ3n) is 6.75. The van der Waals surface area contributed by atoms with E-state index < -0.39 is 0 Å². The molecule has 6 aromatic rings. The van der Waals surface area contributed by atoms with E-state index in [9.17, 15) is 10.2 Å². The zero-order valence-corrected chi connectivity index (χ0v) is 21.3. The Morgan fingerprint density at radius 2 is 1.12 bits per heavy atom. The van der Waals surface area contributed by atoms with Crippen molar-refractivity contribution in [1.82, 2.24) is 0 Å². The van der Waals surface area contributed by atoms with Crippen LogP contribution < -0.4 is 20.9 Å². The molecule has 0 heterocycles. The van der Waals surface area contributed by atoms with E-state index in [0.717, 1.165) is 38.2 Å². The van der Waals surface area contributed by atoms with Gasteiger partial charge in [-0.2, -0.15) is 0 Å². The van der Waals surface area contributed by atoms with Crippen LogP contribution >= 0.6 is 0 Å². The number of nitrogen functional groups attached to an aromatic ring is 2. The third kappa shape index (κ3) is 4.42. The molecule has 0 aromatic heterocycles. The van der Waals surface area contributed by atoms with Crippen LogP contribution in [0.5, 0.6) is 34.5 Å². The third-order valence-corrected chi connectivity index (χ3v) is 6.75. The van der Waals surface area contributed by atoms with E-state index in [4.69, 9.17) is 27.4 Å². The molecule has 0 radical (unpaired) electrons. The first kappa shape index (κ1) is 24.5. The highest BCUT2D eigenvalue weighted by atomic mass is 16.5. The molecule has 0 aliphatic carbocycles. The molecule has 0 unspecified atom stereocenters. The van der Waals surface area contributed by atoms with Gasteiger partial charge in [0.2, 0.25) is 0 Å². The second-order valence-corrected chi connectivity index (χ2v) is 9.32. The normalized spacial score (nSPS) is 10.9. The fourth-order valence-electron chi connectivity index (χ4n) is 4.76. The Hall–Kier alpha value is -5.80. The van der Waals surface area contributed by atoms with E-state index in [1.807, 2.05) is 66.7 Å². The Kier molecular flexibility index (Phi) is 6.02. The SMILES string of the molecule is C#Cc1ccc2c(-c3c(Oc4ccc(N)c(O)c4)ccc4ccccc34)c(Oc3ccc(N)c(O)c3)ccc2c1. The van der Waals surface area contributed by atoms with Gasteiger partial charge < -0.3 is 31.2 Å². The number of fused-ring (bicyclic) bond motifs is 2. The number of aromatic hydroxyl groups is 2. The second kappa shape index (κ2) is 9.82. The van der Waals surface area contributed by atoms with Crippen LogP contribution in [0, 0.1) is 12.3 Å². The van der Waals surface area contributed by atoms with E-state index in [1.165, 1.54) is 12.1 Å². The summed E-state index contributed by atoms with van der Waals surface area (Å²) in [6.45, 7) is 0. The van der Waals surface area contributed by atoms with Crippen molar-refractivity contribution < 1.29 is 19.7 Å². The summed E-state index contributed by atoms with van der Waals surface area (Å²) in [5.74, 6) is 4.47. The Morgan fingerprint density at radius 1 is 0.575 bits per heavy atom. The molecule has 0 spiro atoms. The molecule has 6 N–H and O–H groups in total. The van der Waals surface area contributed by atoms with Gasteiger partial charge in [-0.15, -0.1) is 6.42 Å². The van der Waals surface area contributed by atoms with E-state index in [-0.39, 0.29) is 22.9 Å². The van der Waals surface area contributed by atoms with E-state index in [0.29, 0.717) is 23.0 Å². The summed E-state index contributed by atoms with van der Waals surface area (Å²) < 4.78 is 12.8. The zero-order chi connectivity index (χ0) is 27.8. The summed E-state index contributed by atoms with van der Waals surface area (Å²) in [4.78, 5) is 0. The minimum Gasteiger partial charge on any atom is -0.506 e. The number of anilines is 2. The number of terminal acetylenes is 1. The highest BCUT2D eigenvalue weighted by Crippen LogP contribution is 2.48. The van der Waals surface area contributed by atoms with Crippen molar-refractivity contribution in [2.24, 2.45) is 0 Å². The van der Waals surface area contributed by atoms with Crippen molar-refractivity contribution in [2.75, 3.05) is 11.5 Å². The van der Waals surface area contributed by atoms with Crippen LogP contribution in [0.2, 0.25) is 0 Å². The summed E-state index contributed by atoms with van der Waals surface area (Å²) in [5, 5.41) is 24.2. The highest BCUT2D eigenvalue weighted by Gasteiger charge is 2.21. The van der Waals surface area contributed by atoms with Crippen molar-refractivity contribution in [3.05, 3.63) is 109 Å². The number of benzene rings is 6. The fraction of sp³-hybridized carbons (Fsp3) is 0. The summed E-state index contributed by atoms with van der Waals surface area (Å²) in [7, 11) is 0. The molecule has 0 aliphatic heterocycles. The van der Waals surface area contributed by atoms with Crippen LogP contribution in [0.1, 0.15) is 5.56 Å². The minimum absolute atomic E-state index is 0.0704. The molecule has 0 amide bonds. The van der Waals surface area contributed by atoms with Gasteiger partial charge in [0.1, 0.15) is 34.5 Å². The van der Waals surface area contributed by atoms with Gasteiger partial charge in [0.05, 0.1) is 11.4 Å². The Labute approximate surface area is 230 Å². The van der Waals surface area contributed by atoms with Gasteiger partial charge in [-0.25, -0.2) is 0 Å². The Morgan fingerprint density at radius 3 is 1.70 bits per heavy atom. The van der Waals surface area contributed by atoms with Crippen LogP contribution in [0.3, 0.4) is 0 Å². The molecule has 40 heavy (non-hydrogen) atoms. The lowest BCUT2D eigenvalue weighted by Crippen LogP contribution is -1.96. The molecule has 0 atom stereocenters. The molecule has 6 rings (SSSR count). The van der Waals surface area contributed by atoms with Gasteiger partial charge in [-0.3, -0.25) is 0 Å². The van der Waals surface area contributed by atoms with Crippen molar-refractivity contribution >= 4 is 32.9 Å². The Balaban J connectivity index is 1.64. The monoisotopic (exact) mass is 524 g/mol. The lowest BCUT2D eigenvalue weighted by atomic mass is 9.91. The van der Waals surface area contributed by atoms with Gasteiger partial charge in [0, 0.05) is 28.8 Å². The number of hydrogen-bond acceptors (Lipinski definition) is 6. The topological polar surface area (TPSA) is 111 Å². The number of phenols is 2. The molecule has 0 saturated carbocycles. The molecule has 0 saturated heterocycles. The predicted octanol–water partition coefficient (Wildman–Crippen LogP) is 7.80. The maximum absolute atomic E-state index is 10.2. The molecular weight excluding hydrogens is 500 g/mol. The van der Waals surface area contributed by atoms with E-state index in [1.54, 1.807) is 24.3 Å². The fourth-order valence-corrected chi connectivity index (χ4v) is 4.76. The highest BCUT2D eigenvalue weighted by molar-refractivity contribution is 6.10. The molecule has 0 fully saturated rings. The minimum atomic E-state index is -0.0733. The standard InChI is InChI=1S/C34H24N2O4/c1-2-20-7-12-26-22(17-20)9-16-32(40-24-11-14-28(36)30(38)19-24)34(26)33-25-6-4-3-5-21(25)8-15-31(33)39-23-10-13-27(35)29(37)18-23/h1,3-19,37-38H,35-36H2. The average molecular weight is 525 g/mol. The van der Waals surface area contributed by atoms with Crippen LogP contribution in [0.15, 0.2) is 103 Å². The van der Waals surface area contributed by atoms with Gasteiger partial charge in [-0.1, -0.05) is 48.4 Å². The summed E-state index contributed by atoms with van der Waals surface area (Å²) in [5.41, 5.74) is 14.4. The molecule has 6 aromatic carbocycles. The van der Waals surface area contributed by atoms with Crippen LogP contribution in [0.4, 0.5) is 11.4 Å². The molecule has 0 aliphatic rings. The molecule has 6 nitrogen and oxygen atoms in total. The number of phenolic OH excluding ortho intramolecular Hbond substituents is 2. The maximum atomic E-state index is 10.2. The van der Waals surface area contributed by atoms with Crippen molar-refractivity contribution in [2.45, 2.75) is 0 Å². The van der Waals surface area contributed by atoms with E-state index in [2.05, 4.69) is 5.92 Å². The number of rotatable bonds is 5. The maximum Gasteiger partial charge on any atom is 0.142 e. The smallest absolute Gasteiger partial charge is 0.142 e. The predicted molar refractivity (Wildman–Crippen MR) is 160 cm³/mol. The number of hydrogen-bond donors (Lipinski definition) is 4.